The first-order valence-electron chi connectivity index (χ1n) is 6.10. The Balaban J connectivity index is 1.94. The van der Waals surface area contributed by atoms with Crippen LogP contribution in [0.1, 0.15) is 11.1 Å². The van der Waals surface area contributed by atoms with E-state index < -0.39 is 0 Å². The molecule has 0 atom stereocenters. The van der Waals surface area contributed by atoms with Crippen LogP contribution < -0.4 is 11.1 Å². The standard InChI is InChI=1S/C15H16Cl2N2/c1-10-2-5-13(9-15(10)18)19-7-6-11-3-4-12(16)8-14(11)17/h2-5,8-9,19H,6-7,18H2,1H3. The van der Waals surface area contributed by atoms with Gasteiger partial charge in [0.1, 0.15) is 0 Å². The van der Waals surface area contributed by atoms with Crippen molar-refractivity contribution in [2.75, 3.05) is 17.6 Å². The molecular weight excluding hydrogens is 279 g/mol. The Hall–Kier alpha value is -1.38. The summed E-state index contributed by atoms with van der Waals surface area (Å²) in [7, 11) is 0. The average molecular weight is 295 g/mol. The molecule has 2 aromatic rings. The molecule has 0 amide bonds. The quantitative estimate of drug-likeness (QED) is 0.813. The highest BCUT2D eigenvalue weighted by molar-refractivity contribution is 6.35. The van der Waals surface area contributed by atoms with Gasteiger partial charge in [-0.2, -0.15) is 0 Å². The van der Waals surface area contributed by atoms with Crippen molar-refractivity contribution in [3.8, 4) is 0 Å². The summed E-state index contributed by atoms with van der Waals surface area (Å²) in [5.41, 5.74) is 9.86. The van der Waals surface area contributed by atoms with E-state index >= 15 is 0 Å². The van der Waals surface area contributed by atoms with Crippen molar-refractivity contribution in [3.05, 3.63) is 57.6 Å². The fourth-order valence-electron chi connectivity index (χ4n) is 1.82. The van der Waals surface area contributed by atoms with Crippen LogP contribution in [0.25, 0.3) is 0 Å². The molecule has 2 nitrogen and oxygen atoms in total. The summed E-state index contributed by atoms with van der Waals surface area (Å²) in [6.07, 6.45) is 0.837. The number of hydrogen-bond acceptors (Lipinski definition) is 2. The molecule has 0 fully saturated rings. The predicted molar refractivity (Wildman–Crippen MR) is 84.2 cm³/mol. The zero-order valence-corrected chi connectivity index (χ0v) is 12.2. The molecule has 0 bridgehead atoms. The summed E-state index contributed by atoms with van der Waals surface area (Å²) in [5.74, 6) is 0. The lowest BCUT2D eigenvalue weighted by Gasteiger charge is -2.09. The maximum absolute atomic E-state index is 6.13. The first-order valence-corrected chi connectivity index (χ1v) is 6.86. The summed E-state index contributed by atoms with van der Waals surface area (Å²) >= 11 is 12.0. The maximum atomic E-state index is 6.13. The first-order chi connectivity index (χ1) is 9.06. The number of halogens is 2. The molecule has 0 unspecified atom stereocenters. The minimum absolute atomic E-state index is 0.660. The molecule has 0 saturated heterocycles. The van der Waals surface area contributed by atoms with E-state index in [0.29, 0.717) is 10.0 Å². The van der Waals surface area contributed by atoms with Crippen LogP contribution in [-0.4, -0.2) is 6.54 Å². The molecule has 0 heterocycles. The van der Waals surface area contributed by atoms with Gasteiger partial charge in [0.05, 0.1) is 0 Å². The normalized spacial score (nSPS) is 10.5. The van der Waals surface area contributed by atoms with Crippen LogP contribution >= 0.6 is 23.2 Å². The second-order valence-electron chi connectivity index (χ2n) is 4.48. The Labute approximate surface area is 123 Å². The summed E-state index contributed by atoms with van der Waals surface area (Å²) in [6.45, 7) is 2.79. The second-order valence-corrected chi connectivity index (χ2v) is 5.33. The highest BCUT2D eigenvalue weighted by Crippen LogP contribution is 2.22. The van der Waals surface area contributed by atoms with Crippen LogP contribution in [0.4, 0.5) is 11.4 Å². The molecule has 4 heteroatoms. The van der Waals surface area contributed by atoms with Crippen molar-refractivity contribution in [1.29, 1.82) is 0 Å². The molecule has 100 valence electrons. The Kier molecular flexibility index (Phi) is 4.56. The van der Waals surface area contributed by atoms with Crippen molar-refractivity contribution < 1.29 is 0 Å². The van der Waals surface area contributed by atoms with Crippen LogP contribution in [0, 0.1) is 6.92 Å². The van der Waals surface area contributed by atoms with Crippen LogP contribution in [0.2, 0.25) is 10.0 Å². The second kappa shape index (κ2) is 6.18. The SMILES string of the molecule is Cc1ccc(NCCc2ccc(Cl)cc2Cl)cc1N. The van der Waals surface area contributed by atoms with E-state index in [1.807, 2.05) is 37.3 Å². The smallest absolute Gasteiger partial charge is 0.0453 e. The summed E-state index contributed by atoms with van der Waals surface area (Å²) in [5, 5.41) is 4.70. The number of benzene rings is 2. The van der Waals surface area contributed by atoms with Gasteiger partial charge in [-0.1, -0.05) is 35.3 Å². The third kappa shape index (κ3) is 3.79. The number of nitrogens with two attached hydrogens (primary N) is 1. The number of nitrogen functional groups attached to an aromatic ring is 1. The summed E-state index contributed by atoms with van der Waals surface area (Å²) < 4.78 is 0. The zero-order valence-electron chi connectivity index (χ0n) is 10.7. The molecule has 2 rings (SSSR count). The minimum Gasteiger partial charge on any atom is -0.398 e. The van der Waals surface area contributed by atoms with Gasteiger partial charge in [0.25, 0.3) is 0 Å². The Morgan fingerprint density at radius 1 is 1.11 bits per heavy atom. The summed E-state index contributed by atoms with van der Waals surface area (Å²) in [4.78, 5) is 0. The molecule has 19 heavy (non-hydrogen) atoms. The highest BCUT2D eigenvalue weighted by atomic mass is 35.5. The monoisotopic (exact) mass is 294 g/mol. The van der Waals surface area contributed by atoms with E-state index in [1.54, 1.807) is 6.07 Å². The van der Waals surface area contributed by atoms with Crippen molar-refractivity contribution in [2.45, 2.75) is 13.3 Å². The lowest BCUT2D eigenvalue weighted by Crippen LogP contribution is -2.05. The summed E-state index contributed by atoms with van der Waals surface area (Å²) in [6, 6.07) is 11.5. The number of nitrogens with one attached hydrogen (secondary N) is 1. The van der Waals surface area contributed by atoms with Crippen molar-refractivity contribution in [3.63, 3.8) is 0 Å². The molecule has 0 aliphatic rings. The average Bonchev–Trinajstić information content (AvgIpc) is 2.36. The molecule has 0 spiro atoms. The van der Waals surface area contributed by atoms with E-state index in [0.717, 1.165) is 35.5 Å². The number of rotatable bonds is 4. The van der Waals surface area contributed by atoms with Crippen LogP contribution in [0.3, 0.4) is 0 Å². The van der Waals surface area contributed by atoms with Gasteiger partial charge in [-0.15, -0.1) is 0 Å². The van der Waals surface area contributed by atoms with E-state index in [9.17, 15) is 0 Å². The maximum Gasteiger partial charge on any atom is 0.0453 e. The van der Waals surface area contributed by atoms with Gasteiger partial charge in [-0.25, -0.2) is 0 Å². The fraction of sp³-hybridized carbons (Fsp3) is 0.200. The topological polar surface area (TPSA) is 38.0 Å². The van der Waals surface area contributed by atoms with Crippen LogP contribution in [0.15, 0.2) is 36.4 Å². The van der Waals surface area contributed by atoms with Crippen molar-refractivity contribution >= 4 is 34.6 Å². The molecule has 0 saturated carbocycles. The molecule has 0 radical (unpaired) electrons. The van der Waals surface area contributed by atoms with Gasteiger partial charge in [0.2, 0.25) is 0 Å². The van der Waals surface area contributed by atoms with E-state index in [4.69, 9.17) is 28.9 Å². The Bertz CT molecular complexity index is 582. The van der Waals surface area contributed by atoms with Gasteiger partial charge >= 0.3 is 0 Å². The fourth-order valence-corrected chi connectivity index (χ4v) is 2.32. The van der Waals surface area contributed by atoms with E-state index in [-0.39, 0.29) is 0 Å². The molecule has 0 aliphatic carbocycles. The first kappa shape index (κ1) is 14.0. The zero-order chi connectivity index (χ0) is 13.8. The van der Waals surface area contributed by atoms with Gasteiger partial charge in [-0.3, -0.25) is 0 Å². The van der Waals surface area contributed by atoms with Gasteiger partial charge in [0, 0.05) is 28.0 Å². The molecule has 0 aromatic heterocycles. The van der Waals surface area contributed by atoms with Gasteiger partial charge in [-0.05, 0) is 48.7 Å². The largest absolute Gasteiger partial charge is 0.398 e. The van der Waals surface area contributed by atoms with Crippen LogP contribution in [-0.2, 0) is 6.42 Å². The van der Waals surface area contributed by atoms with Crippen molar-refractivity contribution in [1.82, 2.24) is 0 Å². The molecule has 2 aromatic carbocycles. The molecule has 3 N–H and O–H groups in total. The lowest BCUT2D eigenvalue weighted by atomic mass is 10.1. The lowest BCUT2D eigenvalue weighted by molar-refractivity contribution is 1.02. The van der Waals surface area contributed by atoms with E-state index in [1.165, 1.54) is 0 Å². The van der Waals surface area contributed by atoms with Crippen LogP contribution in [0.5, 0.6) is 0 Å². The Morgan fingerprint density at radius 3 is 2.58 bits per heavy atom. The number of anilines is 2. The third-order valence-corrected chi connectivity index (χ3v) is 3.60. The molecular formula is C15H16Cl2N2. The van der Waals surface area contributed by atoms with E-state index in [2.05, 4.69) is 5.32 Å². The highest BCUT2D eigenvalue weighted by Gasteiger charge is 2.01. The van der Waals surface area contributed by atoms with Gasteiger partial charge < -0.3 is 11.1 Å². The minimum atomic E-state index is 0.660. The molecule has 0 aliphatic heterocycles. The predicted octanol–water partition coefficient (Wildman–Crippen LogP) is 4.54. The number of aryl methyl sites for hydroxylation is 1. The Morgan fingerprint density at radius 2 is 1.89 bits per heavy atom. The van der Waals surface area contributed by atoms with Gasteiger partial charge in [0.15, 0.2) is 0 Å². The van der Waals surface area contributed by atoms with Crippen molar-refractivity contribution in [2.24, 2.45) is 0 Å². The number of hydrogen-bond donors (Lipinski definition) is 2. The third-order valence-electron chi connectivity index (χ3n) is 3.02.